The Morgan fingerprint density at radius 3 is 2.43 bits per heavy atom. The van der Waals surface area contributed by atoms with E-state index in [4.69, 9.17) is 4.74 Å². The van der Waals surface area contributed by atoms with Crippen molar-refractivity contribution in [1.29, 1.82) is 0 Å². The van der Waals surface area contributed by atoms with Crippen LogP contribution in [-0.2, 0) is 28.3 Å². The number of ether oxygens (including phenoxy) is 1. The number of nitrogens with zero attached hydrogens (tertiary/aromatic N) is 3. The molecule has 1 aromatic heterocycles. The third-order valence-electron chi connectivity index (χ3n) is 4.69. The number of hydrogen-bond acceptors (Lipinski definition) is 6. The lowest BCUT2D eigenvalue weighted by Gasteiger charge is -2.45. The maximum Gasteiger partial charge on any atom is 0.534 e. The summed E-state index contributed by atoms with van der Waals surface area (Å²) in [6.45, 7) is 5.22. The van der Waals surface area contributed by atoms with Gasteiger partial charge in [-0.05, 0) is 40.0 Å². The van der Waals surface area contributed by atoms with Gasteiger partial charge in [0.2, 0.25) is 5.88 Å². The molecule has 0 aliphatic carbocycles. The Kier molecular flexibility index (Phi) is 4.84. The molecular formula is C16H22F3N3O5S. The summed E-state index contributed by atoms with van der Waals surface area (Å²) < 4.78 is 72.0. The van der Waals surface area contributed by atoms with Gasteiger partial charge in [-0.2, -0.15) is 26.7 Å². The number of carbonyl (C=O) groups is 1. The quantitative estimate of drug-likeness (QED) is 0.534. The Labute approximate surface area is 160 Å². The van der Waals surface area contributed by atoms with Crippen LogP contribution >= 0.6 is 0 Å². The van der Waals surface area contributed by atoms with Gasteiger partial charge < -0.3 is 8.92 Å². The van der Waals surface area contributed by atoms with E-state index in [-0.39, 0.29) is 18.0 Å². The maximum atomic E-state index is 12.7. The number of carbonyl (C=O) groups excluding carboxylic acids is 1. The normalized spacial score (nSPS) is 22.6. The lowest BCUT2D eigenvalue weighted by Crippen LogP contribution is -2.51. The molecule has 0 spiro atoms. The van der Waals surface area contributed by atoms with Crippen LogP contribution < -0.4 is 4.18 Å². The van der Waals surface area contributed by atoms with Crippen molar-refractivity contribution < 1.29 is 35.3 Å². The van der Waals surface area contributed by atoms with Gasteiger partial charge in [0.05, 0.1) is 11.7 Å². The minimum Gasteiger partial charge on any atom is -0.444 e. The summed E-state index contributed by atoms with van der Waals surface area (Å²) in [4.78, 5) is 14.2. The molecule has 2 bridgehead atoms. The molecule has 28 heavy (non-hydrogen) atoms. The molecule has 2 aliphatic rings. The number of piperidine rings is 1. The molecular weight excluding hydrogens is 403 g/mol. The minimum atomic E-state index is -5.82. The number of hydrogen-bond donors (Lipinski definition) is 0. The smallest absolute Gasteiger partial charge is 0.444 e. The highest BCUT2D eigenvalue weighted by Gasteiger charge is 2.51. The molecule has 0 aromatic carbocycles. The molecule has 3 rings (SSSR count). The number of aromatic nitrogens is 2. The summed E-state index contributed by atoms with van der Waals surface area (Å²) in [7, 11) is -4.51. The van der Waals surface area contributed by atoms with Crippen LogP contribution in [0.1, 0.15) is 57.3 Å². The minimum absolute atomic E-state index is 0.141. The van der Waals surface area contributed by atoms with E-state index in [1.54, 1.807) is 25.7 Å². The molecule has 0 radical (unpaired) electrons. The van der Waals surface area contributed by atoms with Crippen molar-refractivity contribution in [1.82, 2.24) is 14.7 Å². The van der Waals surface area contributed by atoms with Crippen molar-refractivity contribution in [3.05, 3.63) is 11.3 Å². The van der Waals surface area contributed by atoms with Gasteiger partial charge in [-0.1, -0.05) is 0 Å². The van der Waals surface area contributed by atoms with E-state index in [1.165, 1.54) is 7.05 Å². The van der Waals surface area contributed by atoms with Crippen LogP contribution in [-0.4, -0.2) is 46.3 Å². The molecule has 12 heteroatoms. The fraction of sp³-hybridized carbons (Fsp3) is 0.750. The molecule has 1 aromatic rings. The molecule has 8 nitrogen and oxygen atoms in total. The highest BCUT2D eigenvalue weighted by Crippen LogP contribution is 2.45. The van der Waals surface area contributed by atoms with Crippen molar-refractivity contribution >= 4 is 16.2 Å². The zero-order valence-corrected chi connectivity index (χ0v) is 16.7. The number of rotatable bonds is 2. The maximum absolute atomic E-state index is 12.7. The van der Waals surface area contributed by atoms with E-state index in [0.29, 0.717) is 18.5 Å². The molecule has 0 saturated carbocycles. The summed E-state index contributed by atoms with van der Waals surface area (Å²) in [5.74, 6) is -0.465. The van der Waals surface area contributed by atoms with E-state index in [9.17, 15) is 26.4 Å². The first-order chi connectivity index (χ1) is 12.7. The number of fused-ring (bicyclic) bond motifs is 4. The van der Waals surface area contributed by atoms with Gasteiger partial charge in [0.1, 0.15) is 5.60 Å². The average molecular weight is 425 g/mol. The molecule has 1 fully saturated rings. The van der Waals surface area contributed by atoms with Gasteiger partial charge in [0.25, 0.3) is 0 Å². The fourth-order valence-electron chi connectivity index (χ4n) is 3.66. The summed E-state index contributed by atoms with van der Waals surface area (Å²) in [6.07, 6.45) is 1.59. The van der Waals surface area contributed by atoms with E-state index < -0.39 is 39.2 Å². The van der Waals surface area contributed by atoms with E-state index in [2.05, 4.69) is 9.28 Å². The Balaban J connectivity index is 1.98. The van der Waals surface area contributed by atoms with Crippen molar-refractivity contribution in [3.8, 4) is 5.88 Å². The third kappa shape index (κ3) is 3.65. The van der Waals surface area contributed by atoms with Gasteiger partial charge in [-0.15, -0.1) is 0 Å². The molecule has 3 heterocycles. The highest BCUT2D eigenvalue weighted by atomic mass is 32.2. The van der Waals surface area contributed by atoms with Gasteiger partial charge in [0, 0.05) is 25.1 Å². The first kappa shape index (κ1) is 20.7. The Morgan fingerprint density at radius 2 is 1.86 bits per heavy atom. The summed E-state index contributed by atoms with van der Waals surface area (Å²) in [5.41, 5.74) is -5.62. The summed E-state index contributed by atoms with van der Waals surface area (Å²) >= 11 is 0. The Morgan fingerprint density at radius 1 is 1.21 bits per heavy atom. The van der Waals surface area contributed by atoms with Crippen LogP contribution in [0, 0.1) is 0 Å². The predicted molar refractivity (Wildman–Crippen MR) is 91.0 cm³/mol. The summed E-state index contributed by atoms with van der Waals surface area (Å²) in [5, 5.41) is 4.18. The molecule has 2 aliphatic heterocycles. The van der Waals surface area contributed by atoms with Crippen LogP contribution in [0.15, 0.2) is 0 Å². The summed E-state index contributed by atoms with van der Waals surface area (Å²) in [6, 6.07) is -0.837. The Bertz CT molecular complexity index is 889. The first-order valence-corrected chi connectivity index (χ1v) is 10.2. The fourth-order valence-corrected chi connectivity index (χ4v) is 4.17. The van der Waals surface area contributed by atoms with Crippen molar-refractivity contribution in [2.45, 2.75) is 69.6 Å². The number of halogens is 3. The van der Waals surface area contributed by atoms with E-state index in [1.807, 2.05) is 0 Å². The molecule has 158 valence electrons. The van der Waals surface area contributed by atoms with Crippen LogP contribution in [0.5, 0.6) is 5.88 Å². The van der Waals surface area contributed by atoms with Gasteiger partial charge in [-0.3, -0.25) is 4.90 Å². The lowest BCUT2D eigenvalue weighted by molar-refractivity contribution is -0.0502. The van der Waals surface area contributed by atoms with Crippen molar-refractivity contribution in [2.75, 3.05) is 0 Å². The van der Waals surface area contributed by atoms with Crippen molar-refractivity contribution in [2.24, 2.45) is 7.05 Å². The molecule has 1 amide bonds. The van der Waals surface area contributed by atoms with E-state index >= 15 is 0 Å². The van der Waals surface area contributed by atoms with Gasteiger partial charge in [-0.25, -0.2) is 9.48 Å². The average Bonchev–Trinajstić information content (AvgIpc) is 2.80. The molecule has 2 unspecified atom stereocenters. The second-order valence-corrected chi connectivity index (χ2v) is 9.51. The monoisotopic (exact) mass is 425 g/mol. The second kappa shape index (κ2) is 6.53. The third-order valence-corrected chi connectivity index (χ3v) is 5.64. The second-order valence-electron chi connectivity index (χ2n) is 7.97. The van der Waals surface area contributed by atoms with E-state index in [0.717, 1.165) is 11.1 Å². The Hall–Kier alpha value is -1.98. The SMILES string of the molecule is Cn1nc2c(c1OS(=O)(=O)C(F)(F)F)CC1CCCC2N1C(=O)OC(C)(C)C. The molecule has 2 atom stereocenters. The standard InChI is InChI=1S/C16H22F3N3O5S/c1-15(2,3)26-14(23)22-9-6-5-7-11(22)12-10(8-9)13(21(4)20-12)27-28(24,25)16(17,18)19/h9,11H,5-8H2,1-4H3. The van der Waals surface area contributed by atoms with Gasteiger partial charge >= 0.3 is 21.7 Å². The van der Waals surface area contributed by atoms with Crippen LogP contribution in [0.25, 0.3) is 0 Å². The first-order valence-electron chi connectivity index (χ1n) is 8.79. The molecule has 0 N–H and O–H groups in total. The molecule has 1 saturated heterocycles. The van der Waals surface area contributed by atoms with Gasteiger partial charge in [0.15, 0.2) is 0 Å². The zero-order chi connectivity index (χ0) is 21.1. The lowest BCUT2D eigenvalue weighted by atomic mass is 9.84. The predicted octanol–water partition coefficient (Wildman–Crippen LogP) is 3.04. The number of alkyl halides is 3. The number of aryl methyl sites for hydroxylation is 1. The van der Waals surface area contributed by atoms with Crippen molar-refractivity contribution in [3.63, 3.8) is 0 Å². The van der Waals surface area contributed by atoms with Crippen LogP contribution in [0.3, 0.4) is 0 Å². The largest absolute Gasteiger partial charge is 0.534 e. The number of amides is 1. The van der Waals surface area contributed by atoms with Crippen LogP contribution in [0.2, 0.25) is 0 Å². The van der Waals surface area contributed by atoms with Crippen LogP contribution in [0.4, 0.5) is 18.0 Å². The zero-order valence-electron chi connectivity index (χ0n) is 15.9. The highest BCUT2D eigenvalue weighted by molar-refractivity contribution is 7.87. The topological polar surface area (TPSA) is 90.7 Å².